The molecule has 0 spiro atoms. The van der Waals surface area contributed by atoms with E-state index in [0.717, 1.165) is 42.5 Å². The number of likely N-dealkylation sites (tertiary alicyclic amines) is 1. The maximum atomic E-state index is 5.45. The second-order valence-electron chi connectivity index (χ2n) is 6.56. The fourth-order valence-electron chi connectivity index (χ4n) is 3.16. The predicted molar refractivity (Wildman–Crippen MR) is 107 cm³/mol. The van der Waals surface area contributed by atoms with Gasteiger partial charge in [0.1, 0.15) is 11.5 Å². The Bertz CT molecular complexity index is 557. The van der Waals surface area contributed by atoms with Crippen LogP contribution in [0, 0.1) is 0 Å². The van der Waals surface area contributed by atoms with Gasteiger partial charge in [-0.1, -0.05) is 0 Å². The fourth-order valence-corrected chi connectivity index (χ4v) is 3.16. The van der Waals surface area contributed by atoms with Crippen molar-refractivity contribution in [2.24, 2.45) is 4.99 Å². The number of guanidine groups is 1. The van der Waals surface area contributed by atoms with Crippen molar-refractivity contribution >= 4 is 5.96 Å². The number of hydrogen-bond donors (Lipinski definition) is 2. The minimum Gasteiger partial charge on any atom is -0.497 e. The van der Waals surface area contributed by atoms with E-state index in [-0.39, 0.29) is 0 Å². The Labute approximate surface area is 158 Å². The number of nitrogens with zero attached hydrogens (tertiary/aromatic N) is 2. The Morgan fingerprint density at radius 1 is 1.12 bits per heavy atom. The molecule has 0 atom stereocenters. The molecule has 0 bridgehead atoms. The van der Waals surface area contributed by atoms with E-state index in [1.54, 1.807) is 14.2 Å². The molecule has 2 N–H and O–H groups in total. The van der Waals surface area contributed by atoms with Crippen LogP contribution in [0.25, 0.3) is 0 Å². The van der Waals surface area contributed by atoms with E-state index in [9.17, 15) is 0 Å². The second kappa shape index (κ2) is 11.6. The lowest BCUT2D eigenvalue weighted by molar-refractivity contribution is 0.330. The van der Waals surface area contributed by atoms with Crippen LogP contribution in [-0.4, -0.2) is 57.8 Å². The molecule has 1 aromatic rings. The van der Waals surface area contributed by atoms with Crippen molar-refractivity contribution in [3.63, 3.8) is 0 Å². The minimum atomic E-state index is 0.566. The molecule has 2 rings (SSSR count). The predicted octanol–water partition coefficient (Wildman–Crippen LogP) is 2.63. The maximum Gasteiger partial charge on any atom is 0.191 e. The van der Waals surface area contributed by atoms with Crippen LogP contribution in [0.5, 0.6) is 11.5 Å². The number of unbranched alkanes of at least 4 members (excludes halogenated alkanes) is 1. The summed E-state index contributed by atoms with van der Waals surface area (Å²) in [5, 5.41) is 6.74. The Morgan fingerprint density at radius 3 is 2.62 bits per heavy atom. The zero-order chi connectivity index (χ0) is 18.6. The molecule has 0 unspecified atom stereocenters. The molecule has 6 heteroatoms. The van der Waals surface area contributed by atoms with Gasteiger partial charge in [0.15, 0.2) is 5.96 Å². The highest BCUT2D eigenvalue weighted by molar-refractivity contribution is 5.79. The first-order valence-corrected chi connectivity index (χ1v) is 9.72. The summed E-state index contributed by atoms with van der Waals surface area (Å²) in [7, 11) is 3.33. The lowest BCUT2D eigenvalue weighted by atomic mass is 10.2. The van der Waals surface area contributed by atoms with Gasteiger partial charge in [0.2, 0.25) is 0 Å². The van der Waals surface area contributed by atoms with Crippen LogP contribution in [0.15, 0.2) is 23.2 Å². The van der Waals surface area contributed by atoms with Gasteiger partial charge in [0, 0.05) is 24.7 Å². The molecular weight excluding hydrogens is 328 g/mol. The van der Waals surface area contributed by atoms with Crippen LogP contribution in [0.4, 0.5) is 0 Å². The van der Waals surface area contributed by atoms with Gasteiger partial charge < -0.3 is 25.0 Å². The van der Waals surface area contributed by atoms with Crippen LogP contribution < -0.4 is 20.1 Å². The molecule has 0 saturated carbocycles. The molecule has 1 aromatic carbocycles. The van der Waals surface area contributed by atoms with Gasteiger partial charge in [-0.3, -0.25) is 0 Å². The SMILES string of the molecule is CCNC(=NCc1ccc(OC)cc1OC)NCCCCN1CCCC1. The molecule has 6 nitrogen and oxygen atoms in total. The van der Waals surface area contributed by atoms with Crippen LogP contribution in [0.3, 0.4) is 0 Å². The van der Waals surface area contributed by atoms with Crippen molar-refractivity contribution in [1.82, 2.24) is 15.5 Å². The first kappa shape index (κ1) is 20.4. The van der Waals surface area contributed by atoms with Gasteiger partial charge in [-0.15, -0.1) is 0 Å². The lowest BCUT2D eigenvalue weighted by Crippen LogP contribution is -2.38. The van der Waals surface area contributed by atoms with E-state index in [2.05, 4.69) is 27.4 Å². The summed E-state index contributed by atoms with van der Waals surface area (Å²) in [5.41, 5.74) is 1.04. The van der Waals surface area contributed by atoms with E-state index in [1.807, 2.05) is 18.2 Å². The van der Waals surface area contributed by atoms with Crippen molar-refractivity contribution in [3.05, 3.63) is 23.8 Å². The Morgan fingerprint density at radius 2 is 1.92 bits per heavy atom. The fraction of sp³-hybridized carbons (Fsp3) is 0.650. The van der Waals surface area contributed by atoms with E-state index >= 15 is 0 Å². The van der Waals surface area contributed by atoms with E-state index < -0.39 is 0 Å². The lowest BCUT2D eigenvalue weighted by Gasteiger charge is -2.15. The van der Waals surface area contributed by atoms with Crippen LogP contribution in [-0.2, 0) is 6.54 Å². The summed E-state index contributed by atoms with van der Waals surface area (Å²) in [4.78, 5) is 7.25. The number of benzene rings is 1. The average molecular weight is 363 g/mol. The zero-order valence-corrected chi connectivity index (χ0v) is 16.5. The highest BCUT2D eigenvalue weighted by atomic mass is 16.5. The van der Waals surface area contributed by atoms with E-state index in [4.69, 9.17) is 9.47 Å². The maximum absolute atomic E-state index is 5.45. The number of nitrogens with one attached hydrogen (secondary N) is 2. The molecule has 0 amide bonds. The molecule has 1 aliphatic rings. The van der Waals surface area contributed by atoms with Crippen molar-refractivity contribution < 1.29 is 9.47 Å². The number of methoxy groups -OCH3 is 2. The molecule has 0 radical (unpaired) electrons. The van der Waals surface area contributed by atoms with Gasteiger partial charge in [-0.05, 0) is 64.4 Å². The number of hydrogen-bond acceptors (Lipinski definition) is 4. The number of aliphatic imine (C=N–C) groups is 1. The smallest absolute Gasteiger partial charge is 0.191 e. The quantitative estimate of drug-likeness (QED) is 0.381. The summed E-state index contributed by atoms with van der Waals surface area (Å²) < 4.78 is 10.7. The second-order valence-corrected chi connectivity index (χ2v) is 6.56. The molecule has 1 saturated heterocycles. The Balaban J connectivity index is 1.79. The summed E-state index contributed by atoms with van der Waals surface area (Å²) in [6.45, 7) is 8.22. The minimum absolute atomic E-state index is 0.566. The number of rotatable bonds is 10. The Hall–Kier alpha value is -1.95. The third kappa shape index (κ3) is 6.75. The highest BCUT2D eigenvalue weighted by Gasteiger charge is 2.10. The van der Waals surface area contributed by atoms with E-state index in [1.165, 1.54) is 38.9 Å². The molecule has 1 fully saturated rings. The summed E-state index contributed by atoms with van der Waals surface area (Å²) in [6.07, 6.45) is 5.13. The molecule has 146 valence electrons. The summed E-state index contributed by atoms with van der Waals surface area (Å²) >= 11 is 0. The largest absolute Gasteiger partial charge is 0.497 e. The average Bonchev–Trinajstić information content (AvgIpc) is 3.19. The standard InChI is InChI=1S/C20H34N4O2/c1-4-21-20(22-11-5-6-12-24-13-7-8-14-24)23-16-17-9-10-18(25-2)15-19(17)26-3/h9-10,15H,4-8,11-14,16H2,1-3H3,(H2,21,22,23). The van der Waals surface area contributed by atoms with Gasteiger partial charge in [-0.2, -0.15) is 0 Å². The van der Waals surface area contributed by atoms with Gasteiger partial charge in [-0.25, -0.2) is 4.99 Å². The molecule has 0 aliphatic carbocycles. The van der Waals surface area contributed by atoms with Crippen molar-refractivity contribution in [3.8, 4) is 11.5 Å². The summed E-state index contributed by atoms with van der Waals surface area (Å²) in [6, 6.07) is 5.83. The van der Waals surface area contributed by atoms with Crippen molar-refractivity contribution in [1.29, 1.82) is 0 Å². The van der Waals surface area contributed by atoms with E-state index in [0.29, 0.717) is 6.54 Å². The van der Waals surface area contributed by atoms with Gasteiger partial charge >= 0.3 is 0 Å². The highest BCUT2D eigenvalue weighted by Crippen LogP contribution is 2.25. The van der Waals surface area contributed by atoms with Crippen molar-refractivity contribution in [2.45, 2.75) is 39.2 Å². The van der Waals surface area contributed by atoms with Crippen LogP contribution >= 0.6 is 0 Å². The molecule has 26 heavy (non-hydrogen) atoms. The monoisotopic (exact) mass is 362 g/mol. The molecule has 0 aromatic heterocycles. The normalized spacial score (nSPS) is 15.1. The molecular formula is C20H34N4O2. The third-order valence-corrected chi connectivity index (χ3v) is 4.64. The molecule has 1 heterocycles. The first-order chi connectivity index (χ1) is 12.8. The summed E-state index contributed by atoms with van der Waals surface area (Å²) in [5.74, 6) is 2.44. The van der Waals surface area contributed by atoms with Gasteiger partial charge in [0.25, 0.3) is 0 Å². The Kier molecular flexibility index (Phi) is 9.10. The van der Waals surface area contributed by atoms with Crippen molar-refractivity contribution in [2.75, 3.05) is 46.9 Å². The number of ether oxygens (including phenoxy) is 2. The third-order valence-electron chi connectivity index (χ3n) is 4.64. The topological polar surface area (TPSA) is 58.1 Å². The molecule has 1 aliphatic heterocycles. The zero-order valence-electron chi connectivity index (χ0n) is 16.5. The van der Waals surface area contributed by atoms with Crippen LogP contribution in [0.2, 0.25) is 0 Å². The van der Waals surface area contributed by atoms with Gasteiger partial charge in [0.05, 0.1) is 20.8 Å². The first-order valence-electron chi connectivity index (χ1n) is 9.72. The van der Waals surface area contributed by atoms with Crippen LogP contribution in [0.1, 0.15) is 38.2 Å².